The quantitative estimate of drug-likeness (QED) is 0.837. The van der Waals surface area contributed by atoms with Crippen molar-refractivity contribution in [3.63, 3.8) is 0 Å². The first-order valence-electron chi connectivity index (χ1n) is 7.13. The highest BCUT2D eigenvalue weighted by atomic mass is 16.5. The average molecular weight is 276 g/mol. The van der Waals surface area contributed by atoms with Crippen molar-refractivity contribution in [2.45, 2.75) is 32.7 Å². The monoisotopic (exact) mass is 276 g/mol. The number of fused-ring (bicyclic) bond motifs is 1. The van der Waals surface area contributed by atoms with Gasteiger partial charge >= 0.3 is 0 Å². The molecule has 4 nitrogen and oxygen atoms in total. The van der Waals surface area contributed by atoms with E-state index in [2.05, 4.69) is 30.5 Å². The smallest absolute Gasteiger partial charge is 0.242 e. The molecule has 0 bridgehead atoms. The van der Waals surface area contributed by atoms with Crippen LogP contribution in [0, 0.1) is 5.41 Å². The van der Waals surface area contributed by atoms with E-state index in [0.29, 0.717) is 6.54 Å². The van der Waals surface area contributed by atoms with E-state index in [0.717, 1.165) is 25.1 Å². The molecule has 0 saturated heterocycles. The summed E-state index contributed by atoms with van der Waals surface area (Å²) in [5.41, 5.74) is 2.34. The Labute approximate surface area is 120 Å². The summed E-state index contributed by atoms with van der Waals surface area (Å²) in [5.74, 6) is 0.0756. The Kier molecular flexibility index (Phi) is 4.65. The number of anilines is 1. The summed E-state index contributed by atoms with van der Waals surface area (Å²) in [6.45, 7) is 5.67. The molecule has 2 N–H and O–H groups in total. The molecule has 0 aromatic heterocycles. The van der Waals surface area contributed by atoms with Gasteiger partial charge in [-0.3, -0.25) is 4.79 Å². The molecular weight excluding hydrogens is 252 g/mol. The molecule has 1 aromatic carbocycles. The fourth-order valence-corrected chi connectivity index (χ4v) is 2.37. The lowest BCUT2D eigenvalue weighted by molar-refractivity contribution is -0.122. The zero-order chi connectivity index (χ0) is 14.6. The second-order valence-corrected chi connectivity index (χ2v) is 6.18. The SMILES string of the molecule is COCCC(C)(C)CNC(=O)[C@@H]1Cc2ccccc2N1. The topological polar surface area (TPSA) is 50.4 Å². The van der Waals surface area contributed by atoms with Crippen LogP contribution in [0.1, 0.15) is 25.8 Å². The average Bonchev–Trinajstić information content (AvgIpc) is 2.86. The summed E-state index contributed by atoms with van der Waals surface area (Å²) in [7, 11) is 1.70. The van der Waals surface area contributed by atoms with Gasteiger partial charge in [0.1, 0.15) is 6.04 Å². The van der Waals surface area contributed by atoms with Crippen LogP contribution in [0.4, 0.5) is 5.69 Å². The molecule has 4 heteroatoms. The minimum absolute atomic E-state index is 0.0527. The highest BCUT2D eigenvalue weighted by Crippen LogP contribution is 2.25. The number of para-hydroxylation sites is 1. The normalized spacial score (nSPS) is 17.4. The molecule has 0 saturated carbocycles. The van der Waals surface area contributed by atoms with Gasteiger partial charge < -0.3 is 15.4 Å². The second kappa shape index (κ2) is 6.27. The van der Waals surface area contributed by atoms with Crippen molar-refractivity contribution in [2.24, 2.45) is 5.41 Å². The zero-order valence-electron chi connectivity index (χ0n) is 12.5. The van der Waals surface area contributed by atoms with Crippen LogP contribution in [-0.4, -0.2) is 32.2 Å². The van der Waals surface area contributed by atoms with Crippen LogP contribution in [0.3, 0.4) is 0 Å². The van der Waals surface area contributed by atoms with Crippen molar-refractivity contribution >= 4 is 11.6 Å². The standard InChI is InChI=1S/C16H24N2O2/c1-16(2,8-9-20-3)11-17-15(19)14-10-12-6-4-5-7-13(12)18-14/h4-7,14,18H,8-11H2,1-3H3,(H,17,19)/t14-/m0/s1. The summed E-state index contributed by atoms with van der Waals surface area (Å²) in [6, 6.07) is 7.93. The molecule has 0 unspecified atom stereocenters. The summed E-state index contributed by atoms with van der Waals surface area (Å²) in [6.07, 6.45) is 1.70. The summed E-state index contributed by atoms with van der Waals surface area (Å²) in [5, 5.41) is 6.33. The number of amides is 1. The van der Waals surface area contributed by atoms with E-state index in [1.165, 1.54) is 5.56 Å². The lowest BCUT2D eigenvalue weighted by atomic mass is 9.89. The first kappa shape index (κ1) is 14.9. The lowest BCUT2D eigenvalue weighted by Crippen LogP contribution is -2.42. The molecule has 2 rings (SSSR count). The largest absolute Gasteiger partial charge is 0.385 e. The molecule has 1 aliphatic rings. The van der Waals surface area contributed by atoms with E-state index in [1.54, 1.807) is 7.11 Å². The molecule has 1 heterocycles. The summed E-state index contributed by atoms with van der Waals surface area (Å²) < 4.78 is 5.10. The van der Waals surface area contributed by atoms with Crippen LogP contribution in [0.5, 0.6) is 0 Å². The maximum atomic E-state index is 12.2. The summed E-state index contributed by atoms with van der Waals surface area (Å²) in [4.78, 5) is 12.2. The van der Waals surface area contributed by atoms with Crippen molar-refractivity contribution in [1.82, 2.24) is 5.32 Å². The van der Waals surface area contributed by atoms with Crippen LogP contribution >= 0.6 is 0 Å². The Bertz CT molecular complexity index is 446. The number of hydrogen-bond donors (Lipinski definition) is 2. The van der Waals surface area contributed by atoms with Gasteiger partial charge in [0, 0.05) is 32.4 Å². The third-order valence-corrected chi connectivity index (χ3v) is 3.81. The van der Waals surface area contributed by atoms with Gasteiger partial charge in [0.25, 0.3) is 0 Å². The predicted molar refractivity (Wildman–Crippen MR) is 80.8 cm³/mol. The lowest BCUT2D eigenvalue weighted by Gasteiger charge is -2.25. The predicted octanol–water partition coefficient (Wildman–Crippen LogP) is 2.20. The molecule has 110 valence electrons. The third-order valence-electron chi connectivity index (χ3n) is 3.81. The number of hydrogen-bond acceptors (Lipinski definition) is 3. The van der Waals surface area contributed by atoms with Crippen LogP contribution in [-0.2, 0) is 16.0 Å². The van der Waals surface area contributed by atoms with Gasteiger partial charge in [-0.15, -0.1) is 0 Å². The van der Waals surface area contributed by atoms with E-state index in [4.69, 9.17) is 4.74 Å². The van der Waals surface area contributed by atoms with Gasteiger partial charge in [0.2, 0.25) is 5.91 Å². The number of rotatable bonds is 6. The number of nitrogens with one attached hydrogen (secondary N) is 2. The van der Waals surface area contributed by atoms with Gasteiger partial charge in [0.15, 0.2) is 0 Å². The van der Waals surface area contributed by atoms with Gasteiger partial charge in [-0.1, -0.05) is 32.0 Å². The maximum Gasteiger partial charge on any atom is 0.242 e. The molecule has 0 radical (unpaired) electrons. The van der Waals surface area contributed by atoms with Crippen LogP contribution in [0.15, 0.2) is 24.3 Å². The zero-order valence-corrected chi connectivity index (χ0v) is 12.5. The fourth-order valence-electron chi connectivity index (χ4n) is 2.37. The molecule has 1 aliphatic heterocycles. The molecule has 20 heavy (non-hydrogen) atoms. The van der Waals surface area contributed by atoms with Crippen molar-refractivity contribution in [3.8, 4) is 0 Å². The fraction of sp³-hybridized carbons (Fsp3) is 0.562. The number of ether oxygens (including phenoxy) is 1. The Morgan fingerprint density at radius 3 is 2.90 bits per heavy atom. The van der Waals surface area contributed by atoms with Gasteiger partial charge in [-0.2, -0.15) is 0 Å². The van der Waals surface area contributed by atoms with Crippen LogP contribution in [0.2, 0.25) is 0 Å². The molecule has 0 aliphatic carbocycles. The highest BCUT2D eigenvalue weighted by Gasteiger charge is 2.27. The Balaban J connectivity index is 1.82. The first-order valence-corrected chi connectivity index (χ1v) is 7.13. The Morgan fingerprint density at radius 2 is 2.20 bits per heavy atom. The number of benzene rings is 1. The number of carbonyl (C=O) groups excluding carboxylic acids is 1. The molecule has 0 fully saturated rings. The van der Waals surface area contributed by atoms with E-state index < -0.39 is 0 Å². The van der Waals surface area contributed by atoms with E-state index in [1.807, 2.05) is 18.2 Å². The first-order chi connectivity index (χ1) is 9.52. The van der Waals surface area contributed by atoms with Crippen molar-refractivity contribution in [2.75, 3.05) is 25.6 Å². The van der Waals surface area contributed by atoms with Gasteiger partial charge in [-0.05, 0) is 23.5 Å². The van der Waals surface area contributed by atoms with E-state index in [-0.39, 0.29) is 17.4 Å². The molecule has 1 amide bonds. The van der Waals surface area contributed by atoms with Crippen LogP contribution in [0.25, 0.3) is 0 Å². The third kappa shape index (κ3) is 3.73. The second-order valence-electron chi connectivity index (χ2n) is 6.18. The van der Waals surface area contributed by atoms with Gasteiger partial charge in [-0.25, -0.2) is 0 Å². The molecular formula is C16H24N2O2. The molecule has 1 atom stereocenters. The van der Waals surface area contributed by atoms with Crippen LogP contribution < -0.4 is 10.6 Å². The van der Waals surface area contributed by atoms with Crippen molar-refractivity contribution in [1.29, 1.82) is 0 Å². The molecule has 1 aromatic rings. The molecule has 0 spiro atoms. The van der Waals surface area contributed by atoms with Crippen molar-refractivity contribution in [3.05, 3.63) is 29.8 Å². The highest BCUT2D eigenvalue weighted by molar-refractivity contribution is 5.87. The maximum absolute atomic E-state index is 12.2. The van der Waals surface area contributed by atoms with E-state index >= 15 is 0 Å². The van der Waals surface area contributed by atoms with Crippen molar-refractivity contribution < 1.29 is 9.53 Å². The van der Waals surface area contributed by atoms with Gasteiger partial charge in [0.05, 0.1) is 0 Å². The minimum Gasteiger partial charge on any atom is -0.385 e. The Hall–Kier alpha value is -1.55. The minimum atomic E-state index is -0.148. The Morgan fingerprint density at radius 1 is 1.45 bits per heavy atom. The summed E-state index contributed by atoms with van der Waals surface area (Å²) >= 11 is 0. The number of methoxy groups -OCH3 is 1. The number of carbonyl (C=O) groups is 1. The van der Waals surface area contributed by atoms with E-state index in [9.17, 15) is 4.79 Å².